The molecule has 0 aromatic carbocycles. The fourth-order valence-electron chi connectivity index (χ4n) is 2.62. The van der Waals surface area contributed by atoms with E-state index >= 15 is 0 Å². The van der Waals surface area contributed by atoms with Crippen LogP contribution in [0, 0.1) is 0 Å². The fourth-order valence-corrected chi connectivity index (χ4v) is 2.62. The van der Waals surface area contributed by atoms with Crippen molar-refractivity contribution in [1.82, 2.24) is 4.98 Å². The number of anilines is 2. The lowest BCUT2D eigenvalue weighted by Crippen LogP contribution is -2.39. The number of hydrogen-bond acceptors (Lipinski definition) is 5. The summed E-state index contributed by atoms with van der Waals surface area (Å²) in [5, 5.41) is 10.4. The van der Waals surface area contributed by atoms with Crippen LogP contribution in [0.3, 0.4) is 0 Å². The van der Waals surface area contributed by atoms with Gasteiger partial charge in [-0.1, -0.05) is 12.8 Å². The smallest absolute Gasteiger partial charge is 0.239 e. The van der Waals surface area contributed by atoms with Crippen molar-refractivity contribution in [3.05, 3.63) is 12.1 Å². The van der Waals surface area contributed by atoms with Crippen LogP contribution in [0.25, 0.3) is 0 Å². The third kappa shape index (κ3) is 3.29. The molecule has 19 heavy (non-hydrogen) atoms. The highest BCUT2D eigenvalue weighted by molar-refractivity contribution is 5.54. The Morgan fingerprint density at radius 2 is 2.11 bits per heavy atom. The van der Waals surface area contributed by atoms with E-state index in [-0.39, 0.29) is 0 Å². The van der Waals surface area contributed by atoms with Crippen LogP contribution in [0.15, 0.2) is 12.1 Å². The van der Waals surface area contributed by atoms with Crippen molar-refractivity contribution in [3.8, 4) is 5.88 Å². The molecule has 0 unspecified atom stereocenters. The summed E-state index contributed by atoms with van der Waals surface area (Å²) in [6.45, 7) is 3.03. The number of ether oxygens (including phenoxy) is 1. The number of rotatable bonds is 5. The molecule has 0 bridgehead atoms. The summed E-state index contributed by atoms with van der Waals surface area (Å²) < 4.78 is 5.40. The van der Waals surface area contributed by atoms with E-state index in [0.29, 0.717) is 24.7 Å². The summed E-state index contributed by atoms with van der Waals surface area (Å²) in [4.78, 5) is 6.37. The van der Waals surface area contributed by atoms with E-state index in [1.807, 2.05) is 24.9 Å². The third-order valence-corrected chi connectivity index (χ3v) is 3.61. The highest BCUT2D eigenvalue weighted by Gasteiger charge is 2.32. The molecule has 0 saturated heterocycles. The van der Waals surface area contributed by atoms with Gasteiger partial charge in [0.15, 0.2) is 0 Å². The van der Waals surface area contributed by atoms with E-state index in [0.717, 1.165) is 31.5 Å². The standard InChI is InChI=1S/C14H23N3O2/c1-3-19-13-11(15)6-7-12(16-13)17(2)10-14(18)8-4-5-9-14/h6-7,18H,3-5,8-10,15H2,1-2H3. The lowest BCUT2D eigenvalue weighted by atomic mass is 10.0. The molecule has 1 aromatic rings. The Morgan fingerprint density at radius 1 is 1.42 bits per heavy atom. The molecular weight excluding hydrogens is 242 g/mol. The Morgan fingerprint density at radius 3 is 2.74 bits per heavy atom. The molecule has 5 heteroatoms. The van der Waals surface area contributed by atoms with Gasteiger partial charge in [-0.3, -0.25) is 0 Å². The van der Waals surface area contributed by atoms with E-state index in [9.17, 15) is 5.11 Å². The van der Waals surface area contributed by atoms with E-state index in [4.69, 9.17) is 10.5 Å². The molecule has 1 fully saturated rings. The van der Waals surface area contributed by atoms with Crippen LogP contribution in [0.1, 0.15) is 32.6 Å². The van der Waals surface area contributed by atoms with Gasteiger partial charge in [-0.25, -0.2) is 0 Å². The summed E-state index contributed by atoms with van der Waals surface area (Å²) in [6, 6.07) is 3.65. The fraction of sp³-hybridized carbons (Fsp3) is 0.643. The predicted molar refractivity (Wildman–Crippen MR) is 76.5 cm³/mol. The molecule has 0 spiro atoms. The Labute approximate surface area is 114 Å². The number of hydrogen-bond donors (Lipinski definition) is 2. The summed E-state index contributed by atoms with van der Waals surface area (Å²) in [7, 11) is 1.94. The molecule has 106 valence electrons. The van der Waals surface area contributed by atoms with Gasteiger partial charge in [-0.15, -0.1) is 0 Å². The average Bonchev–Trinajstić information content (AvgIpc) is 2.78. The van der Waals surface area contributed by atoms with Gasteiger partial charge in [-0.2, -0.15) is 4.98 Å². The number of nitrogen functional groups attached to an aromatic ring is 1. The Bertz CT molecular complexity index is 431. The topological polar surface area (TPSA) is 71.6 Å². The minimum atomic E-state index is -0.580. The van der Waals surface area contributed by atoms with Gasteiger partial charge in [-0.05, 0) is 31.9 Å². The predicted octanol–water partition coefficient (Wildman–Crippen LogP) is 1.80. The maximum absolute atomic E-state index is 10.4. The van der Waals surface area contributed by atoms with Gasteiger partial charge in [0.25, 0.3) is 0 Å². The lowest BCUT2D eigenvalue weighted by molar-refractivity contribution is 0.0557. The van der Waals surface area contributed by atoms with Crippen LogP contribution in [0.4, 0.5) is 11.5 Å². The van der Waals surface area contributed by atoms with E-state index in [1.165, 1.54) is 0 Å². The first kappa shape index (κ1) is 13.9. The molecule has 0 amide bonds. The zero-order valence-electron chi connectivity index (χ0n) is 11.7. The molecule has 1 aliphatic carbocycles. The second-order valence-corrected chi connectivity index (χ2v) is 5.28. The van der Waals surface area contributed by atoms with Crippen molar-refractivity contribution in [2.24, 2.45) is 0 Å². The number of likely N-dealkylation sites (N-methyl/N-ethyl adjacent to an activating group) is 1. The molecule has 2 rings (SSSR count). The van der Waals surface area contributed by atoms with Crippen molar-refractivity contribution in [2.75, 3.05) is 30.8 Å². The highest BCUT2D eigenvalue weighted by atomic mass is 16.5. The maximum atomic E-state index is 10.4. The molecule has 1 aliphatic rings. The minimum Gasteiger partial charge on any atom is -0.476 e. The first-order valence-corrected chi connectivity index (χ1v) is 6.87. The first-order valence-electron chi connectivity index (χ1n) is 6.87. The van der Waals surface area contributed by atoms with Gasteiger partial charge in [0.2, 0.25) is 5.88 Å². The van der Waals surface area contributed by atoms with Crippen molar-refractivity contribution < 1.29 is 9.84 Å². The van der Waals surface area contributed by atoms with Crippen LogP contribution >= 0.6 is 0 Å². The van der Waals surface area contributed by atoms with E-state index in [2.05, 4.69) is 4.98 Å². The number of pyridine rings is 1. The maximum Gasteiger partial charge on any atom is 0.239 e. The number of aromatic nitrogens is 1. The lowest BCUT2D eigenvalue weighted by Gasteiger charge is -2.29. The number of nitrogens with two attached hydrogens (primary N) is 1. The normalized spacial score (nSPS) is 17.4. The molecular formula is C14H23N3O2. The van der Waals surface area contributed by atoms with Crippen molar-refractivity contribution in [3.63, 3.8) is 0 Å². The second-order valence-electron chi connectivity index (χ2n) is 5.28. The molecule has 5 nitrogen and oxygen atoms in total. The van der Waals surface area contributed by atoms with Gasteiger partial charge < -0.3 is 20.5 Å². The summed E-state index contributed by atoms with van der Waals surface area (Å²) >= 11 is 0. The molecule has 0 radical (unpaired) electrons. The molecule has 1 saturated carbocycles. The Kier molecular flexibility index (Phi) is 4.14. The monoisotopic (exact) mass is 265 g/mol. The molecule has 0 atom stereocenters. The second kappa shape index (κ2) is 5.65. The number of nitrogens with zero attached hydrogens (tertiary/aromatic N) is 2. The third-order valence-electron chi connectivity index (χ3n) is 3.61. The van der Waals surface area contributed by atoms with E-state index in [1.54, 1.807) is 6.07 Å². The Balaban J connectivity index is 2.10. The summed E-state index contributed by atoms with van der Waals surface area (Å²) in [6.07, 6.45) is 3.93. The van der Waals surface area contributed by atoms with Crippen LogP contribution in [-0.4, -0.2) is 35.9 Å². The van der Waals surface area contributed by atoms with Gasteiger partial charge in [0.05, 0.1) is 17.9 Å². The highest BCUT2D eigenvalue weighted by Crippen LogP contribution is 2.31. The quantitative estimate of drug-likeness (QED) is 0.849. The largest absolute Gasteiger partial charge is 0.476 e. The first-order chi connectivity index (χ1) is 9.04. The van der Waals surface area contributed by atoms with Crippen LogP contribution in [-0.2, 0) is 0 Å². The Hall–Kier alpha value is -1.49. The summed E-state index contributed by atoms with van der Waals surface area (Å²) in [5.74, 6) is 1.24. The van der Waals surface area contributed by atoms with E-state index < -0.39 is 5.60 Å². The van der Waals surface area contributed by atoms with Crippen molar-refractivity contribution in [2.45, 2.75) is 38.2 Å². The molecule has 3 N–H and O–H groups in total. The summed E-state index contributed by atoms with van der Waals surface area (Å²) in [5.41, 5.74) is 5.77. The number of aliphatic hydroxyl groups is 1. The van der Waals surface area contributed by atoms with Crippen LogP contribution in [0.2, 0.25) is 0 Å². The van der Waals surface area contributed by atoms with Gasteiger partial charge >= 0.3 is 0 Å². The molecule has 1 heterocycles. The van der Waals surface area contributed by atoms with Crippen molar-refractivity contribution in [1.29, 1.82) is 0 Å². The molecule has 0 aliphatic heterocycles. The van der Waals surface area contributed by atoms with Gasteiger partial charge in [0.1, 0.15) is 5.82 Å². The molecule has 1 aromatic heterocycles. The zero-order chi connectivity index (χ0) is 13.9. The van der Waals surface area contributed by atoms with Crippen LogP contribution < -0.4 is 15.4 Å². The SMILES string of the molecule is CCOc1nc(N(C)CC2(O)CCCC2)ccc1N. The van der Waals surface area contributed by atoms with Crippen molar-refractivity contribution >= 4 is 11.5 Å². The van der Waals surface area contributed by atoms with Crippen LogP contribution in [0.5, 0.6) is 5.88 Å². The average molecular weight is 265 g/mol. The van der Waals surface area contributed by atoms with Gasteiger partial charge in [0, 0.05) is 13.6 Å². The zero-order valence-corrected chi connectivity index (χ0v) is 11.7. The minimum absolute atomic E-state index is 0.463.